The minimum absolute atomic E-state index is 0.888. The van der Waals surface area contributed by atoms with Gasteiger partial charge in [-0.3, -0.25) is 4.90 Å². The maximum Gasteiger partial charge on any atom is 0.169 e. The fraction of sp³-hybridized carbons (Fsp3) is 0.292. The summed E-state index contributed by atoms with van der Waals surface area (Å²) in [7, 11) is 0. The van der Waals surface area contributed by atoms with E-state index in [-0.39, 0.29) is 0 Å². The van der Waals surface area contributed by atoms with E-state index in [1.165, 1.54) is 21.9 Å². The average molecular weight is 390 g/mol. The standard InChI is InChI=1S/C24H27N3S/c28-24(25-14-13-20-7-2-1-3-8-20)27-17-15-26(16-18-27)19-22-11-6-10-21-9-4-5-12-23(21)22/h1-12H,13-19H2,(H,25,28). The molecule has 1 fully saturated rings. The first-order chi connectivity index (χ1) is 13.8. The highest BCUT2D eigenvalue weighted by Gasteiger charge is 2.19. The highest BCUT2D eigenvalue weighted by atomic mass is 32.1. The zero-order valence-electron chi connectivity index (χ0n) is 16.2. The molecule has 0 unspecified atom stereocenters. The van der Waals surface area contributed by atoms with E-state index in [1.54, 1.807) is 0 Å². The molecule has 4 heteroatoms. The van der Waals surface area contributed by atoms with E-state index in [9.17, 15) is 0 Å². The summed E-state index contributed by atoms with van der Waals surface area (Å²) >= 11 is 5.62. The minimum Gasteiger partial charge on any atom is -0.362 e. The Bertz CT molecular complexity index is 912. The third-order valence-corrected chi connectivity index (χ3v) is 5.87. The van der Waals surface area contributed by atoms with Crippen molar-refractivity contribution in [2.24, 2.45) is 0 Å². The smallest absolute Gasteiger partial charge is 0.169 e. The second-order valence-corrected chi connectivity index (χ2v) is 7.76. The van der Waals surface area contributed by atoms with E-state index in [0.29, 0.717) is 0 Å². The molecule has 4 rings (SSSR count). The molecule has 0 aliphatic carbocycles. The van der Waals surface area contributed by atoms with Crippen LogP contribution in [0.1, 0.15) is 11.1 Å². The molecule has 0 atom stereocenters. The molecule has 0 bridgehead atoms. The lowest BCUT2D eigenvalue weighted by Gasteiger charge is -2.36. The van der Waals surface area contributed by atoms with Crippen LogP contribution < -0.4 is 5.32 Å². The van der Waals surface area contributed by atoms with Crippen molar-refractivity contribution in [2.45, 2.75) is 13.0 Å². The molecule has 1 heterocycles. The van der Waals surface area contributed by atoms with E-state index in [0.717, 1.165) is 50.8 Å². The van der Waals surface area contributed by atoms with Gasteiger partial charge >= 0.3 is 0 Å². The molecule has 0 saturated carbocycles. The summed E-state index contributed by atoms with van der Waals surface area (Å²) in [5.41, 5.74) is 2.76. The van der Waals surface area contributed by atoms with Gasteiger partial charge in [-0.25, -0.2) is 0 Å². The first kappa shape index (κ1) is 18.9. The zero-order valence-corrected chi connectivity index (χ0v) is 17.0. The SMILES string of the molecule is S=C(NCCc1ccccc1)N1CCN(Cc2cccc3ccccc23)CC1. The first-order valence-electron chi connectivity index (χ1n) is 10.1. The summed E-state index contributed by atoms with van der Waals surface area (Å²) in [6.07, 6.45) is 1.00. The van der Waals surface area contributed by atoms with E-state index in [4.69, 9.17) is 12.2 Å². The summed E-state index contributed by atoms with van der Waals surface area (Å²) in [4.78, 5) is 4.84. The fourth-order valence-electron chi connectivity index (χ4n) is 3.85. The van der Waals surface area contributed by atoms with Gasteiger partial charge in [0.2, 0.25) is 0 Å². The Morgan fingerprint density at radius 2 is 1.54 bits per heavy atom. The normalized spacial score (nSPS) is 14.9. The van der Waals surface area contributed by atoms with Crippen molar-refractivity contribution in [1.29, 1.82) is 0 Å². The van der Waals surface area contributed by atoms with E-state index < -0.39 is 0 Å². The Morgan fingerprint density at radius 1 is 0.821 bits per heavy atom. The van der Waals surface area contributed by atoms with Gasteiger partial charge in [0, 0.05) is 39.3 Å². The van der Waals surface area contributed by atoms with Gasteiger partial charge < -0.3 is 10.2 Å². The third kappa shape index (κ3) is 4.70. The lowest BCUT2D eigenvalue weighted by molar-refractivity contribution is 0.175. The van der Waals surface area contributed by atoms with Crippen molar-refractivity contribution in [3.63, 3.8) is 0 Å². The number of fused-ring (bicyclic) bond motifs is 1. The Morgan fingerprint density at radius 3 is 2.36 bits per heavy atom. The van der Waals surface area contributed by atoms with Crippen molar-refractivity contribution in [2.75, 3.05) is 32.7 Å². The molecule has 0 radical (unpaired) electrons. The number of thiocarbonyl (C=S) groups is 1. The molecular formula is C24H27N3S. The molecule has 1 aliphatic heterocycles. The van der Waals surface area contributed by atoms with Crippen molar-refractivity contribution in [3.05, 3.63) is 83.9 Å². The number of hydrogen-bond acceptors (Lipinski definition) is 2. The molecule has 0 spiro atoms. The number of benzene rings is 3. The van der Waals surface area contributed by atoms with E-state index in [1.807, 2.05) is 0 Å². The van der Waals surface area contributed by atoms with Gasteiger partial charge in [-0.15, -0.1) is 0 Å². The van der Waals surface area contributed by atoms with Gasteiger partial charge in [-0.05, 0) is 40.5 Å². The molecule has 1 aliphatic rings. The van der Waals surface area contributed by atoms with Gasteiger partial charge in [0.15, 0.2) is 5.11 Å². The molecule has 3 aromatic carbocycles. The van der Waals surface area contributed by atoms with Crippen molar-refractivity contribution in [1.82, 2.24) is 15.1 Å². The van der Waals surface area contributed by atoms with Crippen LogP contribution in [0.5, 0.6) is 0 Å². The van der Waals surface area contributed by atoms with E-state index in [2.05, 4.69) is 87.9 Å². The zero-order chi connectivity index (χ0) is 19.2. The highest BCUT2D eigenvalue weighted by Crippen LogP contribution is 2.20. The Hall–Kier alpha value is -2.43. The van der Waals surface area contributed by atoms with Crippen LogP contribution >= 0.6 is 12.2 Å². The van der Waals surface area contributed by atoms with Gasteiger partial charge in [0.05, 0.1) is 0 Å². The van der Waals surface area contributed by atoms with Gasteiger partial charge in [0.25, 0.3) is 0 Å². The number of nitrogens with one attached hydrogen (secondary N) is 1. The maximum absolute atomic E-state index is 5.62. The van der Waals surface area contributed by atoms with Crippen molar-refractivity contribution < 1.29 is 0 Å². The molecule has 0 amide bonds. The molecule has 144 valence electrons. The molecule has 28 heavy (non-hydrogen) atoms. The molecule has 1 N–H and O–H groups in total. The molecule has 3 aromatic rings. The third-order valence-electron chi connectivity index (χ3n) is 5.47. The second-order valence-electron chi connectivity index (χ2n) is 7.37. The van der Waals surface area contributed by atoms with Crippen LogP contribution in [0.25, 0.3) is 10.8 Å². The summed E-state index contributed by atoms with van der Waals surface area (Å²) < 4.78 is 0. The van der Waals surface area contributed by atoms with Crippen LogP contribution in [0.15, 0.2) is 72.8 Å². The van der Waals surface area contributed by atoms with Crippen LogP contribution in [-0.4, -0.2) is 47.6 Å². The maximum atomic E-state index is 5.62. The topological polar surface area (TPSA) is 18.5 Å². The van der Waals surface area contributed by atoms with Crippen LogP contribution in [0.3, 0.4) is 0 Å². The summed E-state index contributed by atoms with van der Waals surface area (Å²) in [6, 6.07) is 25.8. The summed E-state index contributed by atoms with van der Waals surface area (Å²) in [6.45, 7) is 5.96. The number of hydrogen-bond donors (Lipinski definition) is 1. The predicted molar refractivity (Wildman–Crippen MR) is 122 cm³/mol. The van der Waals surface area contributed by atoms with Gasteiger partial charge in [0.1, 0.15) is 0 Å². The monoisotopic (exact) mass is 389 g/mol. The quantitative estimate of drug-likeness (QED) is 0.663. The van der Waals surface area contributed by atoms with Crippen LogP contribution in [-0.2, 0) is 13.0 Å². The Kier molecular flexibility index (Phi) is 6.20. The summed E-state index contributed by atoms with van der Waals surface area (Å²) in [5.74, 6) is 0. The number of nitrogens with zero attached hydrogens (tertiary/aromatic N) is 2. The van der Waals surface area contributed by atoms with Crippen LogP contribution in [0, 0.1) is 0 Å². The lowest BCUT2D eigenvalue weighted by atomic mass is 10.0. The second kappa shape index (κ2) is 9.18. The predicted octanol–water partition coefficient (Wildman–Crippen LogP) is 4.07. The highest BCUT2D eigenvalue weighted by molar-refractivity contribution is 7.80. The largest absolute Gasteiger partial charge is 0.362 e. The molecule has 1 saturated heterocycles. The van der Waals surface area contributed by atoms with Gasteiger partial charge in [-0.2, -0.15) is 0 Å². The molecule has 0 aromatic heterocycles. The van der Waals surface area contributed by atoms with Crippen LogP contribution in [0.4, 0.5) is 0 Å². The van der Waals surface area contributed by atoms with Gasteiger partial charge in [-0.1, -0.05) is 72.8 Å². The number of piperazine rings is 1. The fourth-order valence-corrected chi connectivity index (χ4v) is 4.14. The molecular weight excluding hydrogens is 362 g/mol. The Balaban J connectivity index is 1.25. The minimum atomic E-state index is 0.888. The average Bonchev–Trinajstić information content (AvgIpc) is 2.75. The number of rotatable bonds is 5. The Labute approximate surface area is 173 Å². The van der Waals surface area contributed by atoms with Crippen LogP contribution in [0.2, 0.25) is 0 Å². The van der Waals surface area contributed by atoms with Crippen molar-refractivity contribution >= 4 is 28.1 Å². The summed E-state index contributed by atoms with van der Waals surface area (Å²) in [5, 5.41) is 7.01. The molecule has 3 nitrogen and oxygen atoms in total. The van der Waals surface area contributed by atoms with Crippen molar-refractivity contribution in [3.8, 4) is 0 Å². The lowest BCUT2D eigenvalue weighted by Crippen LogP contribution is -2.51. The first-order valence-corrected chi connectivity index (χ1v) is 10.5. The van der Waals surface area contributed by atoms with E-state index >= 15 is 0 Å².